The molecule has 1 heterocycles. The number of benzene rings is 2. The van der Waals surface area contributed by atoms with Crippen LogP contribution in [0.5, 0.6) is 5.75 Å². The van der Waals surface area contributed by atoms with Gasteiger partial charge in [0, 0.05) is 16.7 Å². The van der Waals surface area contributed by atoms with Gasteiger partial charge in [-0.1, -0.05) is 0 Å². The second-order valence-corrected chi connectivity index (χ2v) is 10.1. The van der Waals surface area contributed by atoms with E-state index in [1.807, 2.05) is 48.5 Å². The molecule has 2 aromatic carbocycles. The fourth-order valence-corrected chi connectivity index (χ4v) is 5.72. The molecule has 5 rings (SSSR count). The van der Waals surface area contributed by atoms with E-state index in [-0.39, 0.29) is 11.6 Å². The highest BCUT2D eigenvalue weighted by Crippen LogP contribution is 2.48. The largest absolute Gasteiger partial charge is 0.477 e. The summed E-state index contributed by atoms with van der Waals surface area (Å²) >= 11 is 0. The second kappa shape index (κ2) is 7.11. The number of ether oxygens (including phenoxy) is 1. The van der Waals surface area contributed by atoms with Gasteiger partial charge in [0.1, 0.15) is 11.4 Å². The van der Waals surface area contributed by atoms with Crippen LogP contribution in [0.15, 0.2) is 27.3 Å². The van der Waals surface area contributed by atoms with Crippen LogP contribution in [0.4, 0.5) is 5.69 Å². The lowest BCUT2D eigenvalue weighted by Crippen LogP contribution is -2.42. The zero-order valence-electron chi connectivity index (χ0n) is 21.7. The minimum absolute atomic E-state index is 0.0786. The van der Waals surface area contributed by atoms with Crippen LogP contribution < -0.4 is 4.74 Å². The molecule has 4 heteroatoms. The van der Waals surface area contributed by atoms with Gasteiger partial charge in [-0.15, -0.1) is 0 Å². The molecule has 2 aromatic rings. The maximum atomic E-state index is 14.2. The number of carbonyl (C=O) groups is 2. The smallest absolute Gasteiger partial charge is 0.196 e. The number of nitrogens with zero attached hydrogens (tertiary/aromatic N) is 1. The van der Waals surface area contributed by atoms with Gasteiger partial charge in [-0.25, -0.2) is 4.99 Å². The standard InChI is InChI=1S/C30H31NO3/c1-11-12(2)16(6)22-21(15(11)5)27(32)23-17(7)20(10)30-26(24(23)28(22)33)31-25-18(8)13(3)14(4)19(9)29(25)34-30/h30H,1-10H3. The molecule has 0 saturated heterocycles. The number of hydrogen-bond donors (Lipinski definition) is 0. The molecule has 1 unspecified atom stereocenters. The van der Waals surface area contributed by atoms with E-state index < -0.39 is 6.10 Å². The lowest BCUT2D eigenvalue weighted by molar-refractivity contribution is 0.0977. The fourth-order valence-electron chi connectivity index (χ4n) is 5.72. The van der Waals surface area contributed by atoms with Crippen molar-refractivity contribution in [2.45, 2.75) is 75.3 Å². The minimum Gasteiger partial charge on any atom is -0.477 e. The zero-order chi connectivity index (χ0) is 25.0. The van der Waals surface area contributed by atoms with E-state index >= 15 is 0 Å². The molecule has 4 nitrogen and oxygen atoms in total. The maximum absolute atomic E-state index is 14.2. The van der Waals surface area contributed by atoms with Crippen molar-refractivity contribution in [2.75, 3.05) is 0 Å². The first kappa shape index (κ1) is 22.5. The third kappa shape index (κ3) is 2.57. The highest BCUT2D eigenvalue weighted by molar-refractivity contribution is 6.41. The van der Waals surface area contributed by atoms with Gasteiger partial charge in [0.05, 0.1) is 11.3 Å². The number of carbonyl (C=O) groups excluding carboxylic acids is 2. The first-order valence-electron chi connectivity index (χ1n) is 11.9. The zero-order valence-corrected chi connectivity index (χ0v) is 21.7. The SMILES string of the molecule is CC1=C(C)C2Oc3c(C)c(C)c(C)c(C)c3N=C2C2=C1C(=O)c1c(C)c(C)c(C)c(C)c1C2=O. The van der Waals surface area contributed by atoms with Crippen LogP contribution in [0, 0.1) is 55.4 Å². The van der Waals surface area contributed by atoms with Crippen molar-refractivity contribution in [3.63, 3.8) is 0 Å². The predicted octanol–water partition coefficient (Wildman–Crippen LogP) is 6.71. The number of allylic oxidation sites excluding steroid dienone is 2. The number of hydrogen-bond acceptors (Lipinski definition) is 4. The number of Topliss-reactive ketones (excluding diaryl/α,β-unsaturated/α-hetero) is 2. The Balaban J connectivity index is 1.87. The Bertz CT molecular complexity index is 1490. The van der Waals surface area contributed by atoms with Crippen LogP contribution >= 0.6 is 0 Å². The van der Waals surface area contributed by atoms with E-state index in [1.54, 1.807) is 0 Å². The fraction of sp³-hybridized carbons (Fsp3) is 0.367. The van der Waals surface area contributed by atoms with E-state index in [1.165, 1.54) is 11.1 Å². The first-order chi connectivity index (χ1) is 15.9. The Hall–Kier alpha value is -3.27. The first-order valence-corrected chi connectivity index (χ1v) is 11.9. The van der Waals surface area contributed by atoms with Crippen LogP contribution in [0.25, 0.3) is 0 Å². The third-order valence-electron chi connectivity index (χ3n) is 8.78. The van der Waals surface area contributed by atoms with E-state index in [4.69, 9.17) is 9.73 Å². The quantitative estimate of drug-likeness (QED) is 0.445. The number of aliphatic imine (C=N–C) groups is 1. The number of rotatable bonds is 0. The van der Waals surface area contributed by atoms with Crippen molar-refractivity contribution in [3.8, 4) is 5.75 Å². The summed E-state index contributed by atoms with van der Waals surface area (Å²) in [6.07, 6.45) is -0.474. The Morgan fingerprint density at radius 1 is 0.588 bits per heavy atom. The molecule has 0 amide bonds. The molecule has 2 aliphatic carbocycles. The summed E-state index contributed by atoms with van der Waals surface area (Å²) < 4.78 is 6.60. The molecule has 1 aliphatic heterocycles. The summed E-state index contributed by atoms with van der Waals surface area (Å²) in [7, 11) is 0. The van der Waals surface area contributed by atoms with Gasteiger partial charge in [0.15, 0.2) is 17.7 Å². The van der Waals surface area contributed by atoms with Gasteiger partial charge in [-0.3, -0.25) is 9.59 Å². The molecule has 3 aliphatic rings. The normalized spacial score (nSPS) is 18.9. The highest BCUT2D eigenvalue weighted by atomic mass is 16.5. The molecule has 0 fully saturated rings. The van der Waals surface area contributed by atoms with Crippen LogP contribution in [0.2, 0.25) is 0 Å². The lowest BCUT2D eigenvalue weighted by atomic mass is 9.70. The maximum Gasteiger partial charge on any atom is 0.196 e. The summed E-state index contributed by atoms with van der Waals surface area (Å²) in [5.74, 6) is 0.582. The van der Waals surface area contributed by atoms with E-state index in [0.29, 0.717) is 28.0 Å². The molecular weight excluding hydrogens is 422 g/mol. The molecule has 34 heavy (non-hydrogen) atoms. The van der Waals surface area contributed by atoms with Crippen molar-refractivity contribution >= 4 is 23.0 Å². The van der Waals surface area contributed by atoms with Crippen molar-refractivity contribution in [3.05, 3.63) is 77.9 Å². The summed E-state index contributed by atoms with van der Waals surface area (Å²) in [4.78, 5) is 33.2. The van der Waals surface area contributed by atoms with Crippen LogP contribution in [-0.2, 0) is 0 Å². The highest BCUT2D eigenvalue weighted by Gasteiger charge is 2.46. The van der Waals surface area contributed by atoms with Crippen molar-refractivity contribution < 1.29 is 14.3 Å². The van der Waals surface area contributed by atoms with Gasteiger partial charge < -0.3 is 4.74 Å². The minimum atomic E-state index is -0.474. The van der Waals surface area contributed by atoms with Gasteiger partial charge in [-0.2, -0.15) is 0 Å². The average Bonchev–Trinajstić information content (AvgIpc) is 2.82. The van der Waals surface area contributed by atoms with E-state index in [2.05, 4.69) is 20.8 Å². The molecule has 174 valence electrons. The topological polar surface area (TPSA) is 55.7 Å². The number of fused-ring (bicyclic) bond motifs is 4. The summed E-state index contributed by atoms with van der Waals surface area (Å²) in [5.41, 5.74) is 13.4. The van der Waals surface area contributed by atoms with Crippen LogP contribution in [0.3, 0.4) is 0 Å². The van der Waals surface area contributed by atoms with Gasteiger partial charge in [-0.05, 0) is 125 Å². The molecule has 0 aromatic heterocycles. The Morgan fingerprint density at radius 3 is 1.62 bits per heavy atom. The second-order valence-electron chi connectivity index (χ2n) is 10.1. The number of ketones is 2. The van der Waals surface area contributed by atoms with Crippen molar-refractivity contribution in [1.82, 2.24) is 0 Å². The molecule has 0 spiro atoms. The monoisotopic (exact) mass is 453 g/mol. The predicted molar refractivity (Wildman–Crippen MR) is 136 cm³/mol. The van der Waals surface area contributed by atoms with Crippen LogP contribution in [0.1, 0.15) is 79.1 Å². The Kier molecular flexibility index (Phi) is 4.71. The van der Waals surface area contributed by atoms with Crippen molar-refractivity contribution in [1.29, 1.82) is 0 Å². The Morgan fingerprint density at radius 2 is 1.06 bits per heavy atom. The Labute approximate surface area is 201 Å². The summed E-state index contributed by atoms with van der Waals surface area (Å²) in [6.45, 7) is 20.1. The van der Waals surface area contributed by atoms with Gasteiger partial charge >= 0.3 is 0 Å². The van der Waals surface area contributed by atoms with E-state index in [9.17, 15) is 9.59 Å². The molecule has 0 saturated carbocycles. The molecule has 0 N–H and O–H groups in total. The van der Waals surface area contributed by atoms with Gasteiger partial charge in [0.25, 0.3) is 0 Å². The molecule has 1 atom stereocenters. The van der Waals surface area contributed by atoms with Crippen molar-refractivity contribution in [2.24, 2.45) is 4.99 Å². The van der Waals surface area contributed by atoms with Gasteiger partial charge in [0.2, 0.25) is 0 Å². The summed E-state index contributed by atoms with van der Waals surface area (Å²) in [5, 5.41) is 0. The molecular formula is C30H31NO3. The molecule has 0 bridgehead atoms. The average molecular weight is 454 g/mol. The molecule has 0 radical (unpaired) electrons. The summed E-state index contributed by atoms with van der Waals surface area (Å²) in [6, 6.07) is 0. The van der Waals surface area contributed by atoms with E-state index in [0.717, 1.165) is 56.0 Å². The lowest BCUT2D eigenvalue weighted by Gasteiger charge is -2.37. The third-order valence-corrected chi connectivity index (χ3v) is 8.78. The van der Waals surface area contributed by atoms with Crippen LogP contribution in [-0.4, -0.2) is 23.4 Å².